The molecule has 1 saturated carbocycles. The number of fused-ring (bicyclic) bond motifs is 1. The Bertz CT molecular complexity index is 762. The molecule has 0 bridgehead atoms. The zero-order chi connectivity index (χ0) is 19.2. The predicted molar refractivity (Wildman–Crippen MR) is 98.7 cm³/mol. The SMILES string of the molecule is CN(C)C(=O)[C@@]12CN(C(=O)CC3CC3)C[C@@H]1CN(C(=O)c1ccncc1)C2. The van der Waals surface area contributed by atoms with Crippen LogP contribution in [-0.4, -0.2) is 77.7 Å². The Balaban J connectivity index is 1.54. The molecule has 0 aromatic carbocycles. The first-order valence-electron chi connectivity index (χ1n) is 9.59. The van der Waals surface area contributed by atoms with E-state index in [4.69, 9.17) is 0 Å². The maximum absolute atomic E-state index is 13.1. The van der Waals surface area contributed by atoms with Crippen LogP contribution in [0.1, 0.15) is 29.6 Å². The molecule has 2 atom stereocenters. The van der Waals surface area contributed by atoms with Gasteiger partial charge in [-0.3, -0.25) is 19.4 Å². The maximum Gasteiger partial charge on any atom is 0.254 e. The summed E-state index contributed by atoms with van der Waals surface area (Å²) < 4.78 is 0. The molecule has 3 heterocycles. The fourth-order valence-electron chi connectivity index (χ4n) is 4.53. The van der Waals surface area contributed by atoms with Gasteiger partial charge in [-0.1, -0.05) is 0 Å². The van der Waals surface area contributed by atoms with Gasteiger partial charge in [-0.2, -0.15) is 0 Å². The van der Waals surface area contributed by atoms with Gasteiger partial charge in [0.15, 0.2) is 0 Å². The van der Waals surface area contributed by atoms with Gasteiger partial charge in [-0.25, -0.2) is 0 Å². The quantitative estimate of drug-likeness (QED) is 0.788. The molecule has 3 aliphatic rings. The van der Waals surface area contributed by atoms with E-state index >= 15 is 0 Å². The van der Waals surface area contributed by atoms with Crippen LogP contribution in [-0.2, 0) is 9.59 Å². The molecule has 4 rings (SSSR count). The van der Waals surface area contributed by atoms with Gasteiger partial charge in [0.05, 0.1) is 5.41 Å². The first kappa shape index (κ1) is 17.9. The minimum atomic E-state index is -0.689. The van der Waals surface area contributed by atoms with Gasteiger partial charge in [0.2, 0.25) is 11.8 Å². The molecule has 144 valence electrons. The lowest BCUT2D eigenvalue weighted by Gasteiger charge is -2.30. The van der Waals surface area contributed by atoms with Crippen molar-refractivity contribution in [3.05, 3.63) is 30.1 Å². The first-order chi connectivity index (χ1) is 12.9. The van der Waals surface area contributed by atoms with Crippen molar-refractivity contribution >= 4 is 17.7 Å². The van der Waals surface area contributed by atoms with Crippen molar-refractivity contribution in [2.24, 2.45) is 17.3 Å². The van der Waals surface area contributed by atoms with E-state index < -0.39 is 5.41 Å². The third-order valence-corrected chi connectivity index (χ3v) is 6.17. The van der Waals surface area contributed by atoms with Gasteiger partial charge in [0, 0.05) is 70.6 Å². The number of hydrogen-bond donors (Lipinski definition) is 0. The van der Waals surface area contributed by atoms with Crippen molar-refractivity contribution < 1.29 is 14.4 Å². The molecule has 0 radical (unpaired) electrons. The van der Waals surface area contributed by atoms with Gasteiger partial charge in [-0.15, -0.1) is 0 Å². The van der Waals surface area contributed by atoms with Crippen LogP contribution in [0.4, 0.5) is 0 Å². The van der Waals surface area contributed by atoms with E-state index in [1.165, 1.54) is 0 Å². The molecule has 3 amide bonds. The van der Waals surface area contributed by atoms with Gasteiger partial charge >= 0.3 is 0 Å². The lowest BCUT2D eigenvalue weighted by atomic mass is 9.80. The standard InChI is InChI=1S/C20H26N4O3/c1-22(2)19(27)20-12-23(17(25)9-14-3-4-14)10-16(20)11-24(13-20)18(26)15-5-7-21-8-6-15/h5-8,14,16H,3-4,9-13H2,1-2H3/t16-,20-/m1/s1. The third-order valence-electron chi connectivity index (χ3n) is 6.17. The average molecular weight is 370 g/mol. The van der Waals surface area contributed by atoms with Gasteiger partial charge in [0.25, 0.3) is 5.91 Å². The van der Waals surface area contributed by atoms with Crippen molar-refractivity contribution in [2.45, 2.75) is 19.3 Å². The van der Waals surface area contributed by atoms with Gasteiger partial charge in [-0.05, 0) is 30.9 Å². The highest BCUT2D eigenvalue weighted by Crippen LogP contribution is 2.45. The number of hydrogen-bond acceptors (Lipinski definition) is 4. The highest BCUT2D eigenvalue weighted by atomic mass is 16.2. The molecular formula is C20H26N4O3. The second-order valence-electron chi connectivity index (χ2n) is 8.40. The van der Waals surface area contributed by atoms with Crippen molar-refractivity contribution in [1.82, 2.24) is 19.7 Å². The smallest absolute Gasteiger partial charge is 0.254 e. The lowest BCUT2D eigenvalue weighted by molar-refractivity contribution is -0.140. The topological polar surface area (TPSA) is 73.8 Å². The zero-order valence-corrected chi connectivity index (χ0v) is 15.9. The summed E-state index contributed by atoms with van der Waals surface area (Å²) in [6.45, 7) is 1.85. The summed E-state index contributed by atoms with van der Waals surface area (Å²) in [6.07, 6.45) is 6.07. The van der Waals surface area contributed by atoms with E-state index in [2.05, 4.69) is 4.98 Å². The first-order valence-corrected chi connectivity index (χ1v) is 9.59. The average Bonchev–Trinajstić information content (AvgIpc) is 3.28. The van der Waals surface area contributed by atoms with Crippen molar-refractivity contribution in [2.75, 3.05) is 40.3 Å². The van der Waals surface area contributed by atoms with E-state index in [-0.39, 0.29) is 23.6 Å². The van der Waals surface area contributed by atoms with Crippen LogP contribution >= 0.6 is 0 Å². The third kappa shape index (κ3) is 3.19. The van der Waals surface area contributed by atoms with E-state index in [9.17, 15) is 14.4 Å². The van der Waals surface area contributed by atoms with Gasteiger partial charge in [0.1, 0.15) is 0 Å². The summed E-state index contributed by atoms with van der Waals surface area (Å²) in [6, 6.07) is 3.39. The minimum absolute atomic E-state index is 0.0126. The Hall–Kier alpha value is -2.44. The molecule has 1 aromatic heterocycles. The van der Waals surface area contributed by atoms with E-state index in [0.29, 0.717) is 44.1 Å². The van der Waals surface area contributed by atoms with Crippen LogP contribution in [0.15, 0.2) is 24.5 Å². The van der Waals surface area contributed by atoms with Crippen LogP contribution in [0.5, 0.6) is 0 Å². The number of pyridine rings is 1. The highest BCUT2D eigenvalue weighted by molar-refractivity contribution is 5.95. The second kappa shape index (κ2) is 6.62. The second-order valence-corrected chi connectivity index (χ2v) is 8.40. The number of aromatic nitrogens is 1. The highest BCUT2D eigenvalue weighted by Gasteiger charge is 2.59. The fraction of sp³-hybridized carbons (Fsp3) is 0.600. The Morgan fingerprint density at radius 2 is 1.74 bits per heavy atom. The molecule has 7 nitrogen and oxygen atoms in total. The molecule has 1 aromatic rings. The summed E-state index contributed by atoms with van der Waals surface area (Å²) in [4.78, 5) is 47.8. The summed E-state index contributed by atoms with van der Waals surface area (Å²) in [5.74, 6) is 0.613. The Kier molecular flexibility index (Phi) is 4.40. The molecule has 3 fully saturated rings. The molecule has 27 heavy (non-hydrogen) atoms. The fourth-order valence-corrected chi connectivity index (χ4v) is 4.53. The molecule has 2 saturated heterocycles. The van der Waals surface area contributed by atoms with Crippen molar-refractivity contribution in [3.8, 4) is 0 Å². The Labute approximate surface area is 159 Å². The van der Waals surface area contributed by atoms with E-state index in [0.717, 1.165) is 12.8 Å². The number of carbonyl (C=O) groups is 3. The van der Waals surface area contributed by atoms with E-state index in [1.807, 2.05) is 4.90 Å². The normalized spacial score (nSPS) is 26.8. The lowest BCUT2D eigenvalue weighted by Crippen LogP contribution is -2.48. The molecule has 0 N–H and O–H groups in total. The predicted octanol–water partition coefficient (Wildman–Crippen LogP) is 0.871. The largest absolute Gasteiger partial charge is 0.348 e. The summed E-state index contributed by atoms with van der Waals surface area (Å²) in [5.41, 5.74) is -0.107. The van der Waals surface area contributed by atoms with Crippen LogP contribution in [0.25, 0.3) is 0 Å². The van der Waals surface area contributed by atoms with Crippen LogP contribution in [0, 0.1) is 17.3 Å². The number of likely N-dealkylation sites (tertiary alicyclic amines) is 2. The van der Waals surface area contributed by atoms with Crippen molar-refractivity contribution in [3.63, 3.8) is 0 Å². The molecule has 0 spiro atoms. The molecular weight excluding hydrogens is 344 g/mol. The van der Waals surface area contributed by atoms with Gasteiger partial charge < -0.3 is 14.7 Å². The monoisotopic (exact) mass is 370 g/mol. The summed E-state index contributed by atoms with van der Waals surface area (Å²) in [7, 11) is 3.49. The van der Waals surface area contributed by atoms with Crippen LogP contribution in [0.2, 0.25) is 0 Å². The van der Waals surface area contributed by atoms with Crippen LogP contribution in [0.3, 0.4) is 0 Å². The molecule has 0 unspecified atom stereocenters. The number of rotatable bonds is 4. The Morgan fingerprint density at radius 1 is 1.11 bits per heavy atom. The number of carbonyl (C=O) groups excluding carboxylic acids is 3. The maximum atomic E-state index is 13.1. The number of amides is 3. The molecule has 7 heteroatoms. The van der Waals surface area contributed by atoms with E-state index in [1.54, 1.807) is 48.4 Å². The molecule has 2 aliphatic heterocycles. The van der Waals surface area contributed by atoms with Crippen LogP contribution < -0.4 is 0 Å². The summed E-state index contributed by atoms with van der Waals surface area (Å²) >= 11 is 0. The zero-order valence-electron chi connectivity index (χ0n) is 15.9. The Morgan fingerprint density at radius 3 is 2.37 bits per heavy atom. The van der Waals surface area contributed by atoms with Crippen molar-refractivity contribution in [1.29, 1.82) is 0 Å². The minimum Gasteiger partial charge on any atom is -0.348 e. The number of nitrogens with zero attached hydrogens (tertiary/aromatic N) is 4. The molecule has 1 aliphatic carbocycles. The summed E-state index contributed by atoms with van der Waals surface area (Å²) in [5, 5.41) is 0.